The van der Waals surface area contributed by atoms with Gasteiger partial charge in [-0.3, -0.25) is 19.7 Å². The number of carbonyl (C=O) groups excluding carboxylic acids is 3. The highest BCUT2D eigenvalue weighted by atomic mass is 32.1. The van der Waals surface area contributed by atoms with Gasteiger partial charge in [-0.25, -0.2) is 4.79 Å². The minimum atomic E-state index is -0.680. The first-order valence-electron chi connectivity index (χ1n) is 10.4. The van der Waals surface area contributed by atoms with Crippen molar-refractivity contribution in [2.75, 3.05) is 11.9 Å². The van der Waals surface area contributed by atoms with Gasteiger partial charge in [-0.1, -0.05) is 36.4 Å². The second kappa shape index (κ2) is 10.7. The van der Waals surface area contributed by atoms with Crippen LogP contribution >= 0.6 is 11.3 Å². The van der Waals surface area contributed by atoms with Crippen LogP contribution in [-0.4, -0.2) is 29.3 Å². The molecule has 1 heterocycles. The van der Waals surface area contributed by atoms with Crippen LogP contribution in [0.15, 0.2) is 54.6 Å². The van der Waals surface area contributed by atoms with Crippen LogP contribution in [0, 0.1) is 17.0 Å². The highest BCUT2D eigenvalue weighted by Crippen LogP contribution is 2.34. The number of hydrogen-bond donors (Lipinski definition) is 2. The Kier molecular flexibility index (Phi) is 7.75. The first-order chi connectivity index (χ1) is 16.2. The maximum absolute atomic E-state index is 13.0. The van der Waals surface area contributed by atoms with Crippen LogP contribution in [0.1, 0.15) is 61.4 Å². The van der Waals surface area contributed by atoms with Crippen molar-refractivity contribution < 1.29 is 24.0 Å². The van der Waals surface area contributed by atoms with Gasteiger partial charge in [-0.05, 0) is 38.0 Å². The number of thiophene rings is 1. The number of benzene rings is 2. The molecule has 176 valence electrons. The number of esters is 1. The summed E-state index contributed by atoms with van der Waals surface area (Å²) in [6, 6.07) is 14.3. The SMILES string of the molecule is CCOC(=O)c1c(NC(=O)c2cccc([N+](=O)[O-])c2)sc(C(=O)NC(C)c2ccccc2)c1C. The van der Waals surface area contributed by atoms with Crippen LogP contribution in [0.25, 0.3) is 0 Å². The Hall–Kier alpha value is -4.05. The van der Waals surface area contributed by atoms with Gasteiger partial charge in [0.15, 0.2) is 0 Å². The van der Waals surface area contributed by atoms with E-state index in [1.807, 2.05) is 37.3 Å². The summed E-state index contributed by atoms with van der Waals surface area (Å²) in [6.45, 7) is 5.20. The van der Waals surface area contributed by atoms with E-state index in [9.17, 15) is 24.5 Å². The third kappa shape index (κ3) is 5.46. The molecule has 1 aromatic heterocycles. The summed E-state index contributed by atoms with van der Waals surface area (Å²) in [5, 5.41) is 16.7. The molecule has 1 unspecified atom stereocenters. The number of ether oxygens (including phenoxy) is 1. The third-order valence-corrected chi connectivity index (χ3v) is 6.23. The smallest absolute Gasteiger partial charge is 0.341 e. The largest absolute Gasteiger partial charge is 0.462 e. The number of nitrogens with zero attached hydrogens (tertiary/aromatic N) is 1. The maximum atomic E-state index is 13.0. The van der Waals surface area contributed by atoms with Crippen molar-refractivity contribution in [3.63, 3.8) is 0 Å². The van der Waals surface area contributed by atoms with Crippen molar-refractivity contribution >= 4 is 39.8 Å². The summed E-state index contributed by atoms with van der Waals surface area (Å²) in [4.78, 5) is 49.1. The van der Waals surface area contributed by atoms with Crippen molar-refractivity contribution in [3.05, 3.63) is 91.8 Å². The lowest BCUT2D eigenvalue weighted by molar-refractivity contribution is -0.384. The van der Waals surface area contributed by atoms with Crippen LogP contribution in [0.5, 0.6) is 0 Å². The fraction of sp³-hybridized carbons (Fsp3) is 0.208. The number of carbonyl (C=O) groups is 3. The average molecular weight is 482 g/mol. The van der Waals surface area contributed by atoms with Crippen LogP contribution in [0.3, 0.4) is 0 Å². The summed E-state index contributed by atoms with van der Waals surface area (Å²) >= 11 is 0.940. The molecule has 9 nitrogen and oxygen atoms in total. The molecule has 3 aromatic rings. The van der Waals surface area contributed by atoms with E-state index in [2.05, 4.69) is 10.6 Å². The number of anilines is 1. The Bertz CT molecular complexity index is 1240. The van der Waals surface area contributed by atoms with Gasteiger partial charge in [0, 0.05) is 17.7 Å². The first-order valence-corrected chi connectivity index (χ1v) is 11.3. The van der Waals surface area contributed by atoms with Crippen molar-refractivity contribution in [1.82, 2.24) is 5.32 Å². The predicted octanol–water partition coefficient (Wildman–Crippen LogP) is 4.88. The van der Waals surface area contributed by atoms with Crippen LogP contribution in [0.4, 0.5) is 10.7 Å². The number of hydrogen-bond acceptors (Lipinski definition) is 7. The minimum Gasteiger partial charge on any atom is -0.462 e. The number of amides is 2. The van der Waals surface area contributed by atoms with Crippen LogP contribution < -0.4 is 10.6 Å². The molecule has 2 amide bonds. The molecule has 2 aromatic carbocycles. The standard InChI is InChI=1S/C24H23N3O6S/c1-4-33-24(30)19-14(2)20(22(29)25-15(3)16-9-6-5-7-10-16)34-23(19)26-21(28)17-11-8-12-18(13-17)27(31)32/h5-13,15H,4H2,1-3H3,(H,25,29)(H,26,28). The fourth-order valence-corrected chi connectivity index (χ4v) is 4.38. The fourth-order valence-electron chi connectivity index (χ4n) is 3.29. The molecule has 0 aliphatic rings. The lowest BCUT2D eigenvalue weighted by Crippen LogP contribution is -2.26. The molecule has 3 rings (SSSR count). The summed E-state index contributed by atoms with van der Waals surface area (Å²) in [6.07, 6.45) is 0. The van der Waals surface area contributed by atoms with Gasteiger partial charge in [-0.2, -0.15) is 0 Å². The highest BCUT2D eigenvalue weighted by molar-refractivity contribution is 7.18. The molecule has 0 aliphatic carbocycles. The molecule has 34 heavy (non-hydrogen) atoms. The van der Waals surface area contributed by atoms with E-state index in [-0.39, 0.29) is 39.3 Å². The Morgan fingerprint density at radius 1 is 1.09 bits per heavy atom. The van der Waals surface area contributed by atoms with Gasteiger partial charge in [-0.15, -0.1) is 11.3 Å². The highest BCUT2D eigenvalue weighted by Gasteiger charge is 2.27. The molecule has 0 bridgehead atoms. The van der Waals surface area contributed by atoms with Gasteiger partial charge < -0.3 is 15.4 Å². The number of nitro benzene ring substituents is 1. The molecule has 10 heteroatoms. The topological polar surface area (TPSA) is 128 Å². The number of nitro groups is 1. The van der Waals surface area contributed by atoms with E-state index < -0.39 is 22.7 Å². The molecule has 0 radical (unpaired) electrons. The van der Waals surface area contributed by atoms with E-state index in [4.69, 9.17) is 4.74 Å². The molecular formula is C24H23N3O6S. The number of nitrogens with one attached hydrogen (secondary N) is 2. The van der Waals surface area contributed by atoms with Crippen molar-refractivity contribution in [1.29, 1.82) is 0 Å². The van der Waals surface area contributed by atoms with Gasteiger partial charge in [0.1, 0.15) is 5.00 Å². The molecule has 0 aliphatic heterocycles. The van der Waals surface area contributed by atoms with Crippen LogP contribution in [-0.2, 0) is 4.74 Å². The summed E-state index contributed by atoms with van der Waals surface area (Å²) in [5.74, 6) is -1.74. The van der Waals surface area contributed by atoms with E-state index >= 15 is 0 Å². The second-order valence-corrected chi connectivity index (χ2v) is 8.37. The zero-order chi connectivity index (χ0) is 24.8. The molecule has 1 atom stereocenters. The summed E-state index contributed by atoms with van der Waals surface area (Å²) in [7, 11) is 0. The molecule has 0 fully saturated rings. The molecule has 0 spiro atoms. The lowest BCUT2D eigenvalue weighted by Gasteiger charge is -2.14. The Labute approximate surface area is 199 Å². The second-order valence-electron chi connectivity index (χ2n) is 7.35. The minimum absolute atomic E-state index is 0.0405. The van der Waals surface area contributed by atoms with E-state index in [0.29, 0.717) is 5.56 Å². The molecule has 0 saturated carbocycles. The Morgan fingerprint density at radius 2 is 1.79 bits per heavy atom. The van der Waals surface area contributed by atoms with Gasteiger partial charge in [0.2, 0.25) is 0 Å². The average Bonchev–Trinajstić information content (AvgIpc) is 3.15. The molecule has 0 saturated heterocycles. The monoisotopic (exact) mass is 481 g/mol. The van der Waals surface area contributed by atoms with Crippen LogP contribution in [0.2, 0.25) is 0 Å². The summed E-state index contributed by atoms with van der Waals surface area (Å²) < 4.78 is 5.13. The van der Waals surface area contributed by atoms with Gasteiger partial charge in [0.05, 0.1) is 28.0 Å². The maximum Gasteiger partial charge on any atom is 0.341 e. The quantitative estimate of drug-likeness (QED) is 0.268. The van der Waals surface area contributed by atoms with Crippen molar-refractivity contribution in [2.45, 2.75) is 26.8 Å². The van der Waals surface area contributed by atoms with E-state index in [1.165, 1.54) is 18.2 Å². The number of non-ortho nitro benzene ring substituents is 1. The van der Waals surface area contributed by atoms with Crippen molar-refractivity contribution in [3.8, 4) is 0 Å². The normalized spacial score (nSPS) is 11.4. The zero-order valence-corrected chi connectivity index (χ0v) is 19.6. The third-order valence-electron chi connectivity index (χ3n) is 5.03. The van der Waals surface area contributed by atoms with E-state index in [0.717, 1.165) is 23.0 Å². The molecule has 2 N–H and O–H groups in total. The lowest BCUT2D eigenvalue weighted by atomic mass is 10.1. The number of rotatable bonds is 8. The van der Waals surface area contributed by atoms with Crippen molar-refractivity contribution in [2.24, 2.45) is 0 Å². The first kappa shape index (κ1) is 24.6. The zero-order valence-electron chi connectivity index (χ0n) is 18.8. The predicted molar refractivity (Wildman–Crippen MR) is 128 cm³/mol. The molecular weight excluding hydrogens is 458 g/mol. The van der Waals surface area contributed by atoms with Gasteiger partial charge >= 0.3 is 5.97 Å². The Morgan fingerprint density at radius 3 is 2.44 bits per heavy atom. The summed E-state index contributed by atoms with van der Waals surface area (Å²) in [5.41, 5.74) is 1.16. The van der Waals surface area contributed by atoms with E-state index in [1.54, 1.807) is 13.8 Å². The Balaban J connectivity index is 1.92. The van der Waals surface area contributed by atoms with Gasteiger partial charge in [0.25, 0.3) is 17.5 Å².